The maximum Gasteiger partial charge on any atom is 0.260 e. The number of rotatable bonds is 2. The summed E-state index contributed by atoms with van der Waals surface area (Å²) in [6.07, 6.45) is -2.63. The van der Waals surface area contributed by atoms with Gasteiger partial charge in [-0.05, 0) is 23.7 Å². The minimum Gasteiger partial charge on any atom is -0.448 e. The minimum atomic E-state index is -2.63. The molecular formula is C6H7Cl2F2NO. The summed E-state index contributed by atoms with van der Waals surface area (Å²) in [6, 6.07) is 1.32. The van der Waals surface area contributed by atoms with Gasteiger partial charge in [-0.15, -0.1) is 12.4 Å². The quantitative estimate of drug-likeness (QED) is 0.828. The van der Waals surface area contributed by atoms with Crippen LogP contribution >= 0.6 is 24.0 Å². The first kappa shape index (κ1) is 11.7. The van der Waals surface area contributed by atoms with Gasteiger partial charge in [0.1, 0.15) is 11.8 Å². The van der Waals surface area contributed by atoms with Crippen LogP contribution < -0.4 is 5.73 Å². The Morgan fingerprint density at radius 2 is 2.00 bits per heavy atom. The van der Waals surface area contributed by atoms with Crippen LogP contribution in [0.3, 0.4) is 0 Å². The van der Waals surface area contributed by atoms with E-state index >= 15 is 0 Å². The van der Waals surface area contributed by atoms with Gasteiger partial charge in [-0.2, -0.15) is 0 Å². The highest BCUT2D eigenvalue weighted by atomic mass is 35.5. The van der Waals surface area contributed by atoms with Crippen molar-refractivity contribution in [3.8, 4) is 0 Å². The van der Waals surface area contributed by atoms with Gasteiger partial charge in [0, 0.05) is 0 Å². The standard InChI is InChI=1S/C6H6ClF2NO.ClH/c7-4-2-1-3(11-4)5(10)6(8)9;/h1-2,5-6H,10H2;1H/t5-;/m1./s1. The van der Waals surface area contributed by atoms with Crippen LogP contribution in [0.25, 0.3) is 0 Å². The Labute approximate surface area is 79.1 Å². The van der Waals surface area contributed by atoms with Crippen LogP contribution in [0.15, 0.2) is 16.5 Å². The molecule has 0 bridgehead atoms. The fraction of sp³-hybridized carbons (Fsp3) is 0.333. The Bertz CT molecular complexity index is 241. The zero-order valence-corrected chi connectivity index (χ0v) is 7.41. The topological polar surface area (TPSA) is 39.2 Å². The molecule has 1 atom stereocenters. The van der Waals surface area contributed by atoms with Crippen molar-refractivity contribution in [2.75, 3.05) is 0 Å². The molecule has 12 heavy (non-hydrogen) atoms. The molecule has 6 heteroatoms. The van der Waals surface area contributed by atoms with Crippen LogP contribution in [0.4, 0.5) is 8.78 Å². The van der Waals surface area contributed by atoms with Crippen LogP contribution in [-0.4, -0.2) is 6.43 Å². The molecular weight excluding hydrogens is 211 g/mol. The largest absolute Gasteiger partial charge is 0.448 e. The summed E-state index contributed by atoms with van der Waals surface area (Å²) >= 11 is 5.34. The van der Waals surface area contributed by atoms with Crippen LogP contribution in [0, 0.1) is 0 Å². The highest BCUT2D eigenvalue weighted by Gasteiger charge is 2.20. The molecule has 0 aromatic carbocycles. The van der Waals surface area contributed by atoms with Crippen LogP contribution in [0.2, 0.25) is 5.22 Å². The second kappa shape index (κ2) is 4.64. The number of alkyl halides is 2. The van der Waals surface area contributed by atoms with Crippen molar-refractivity contribution in [3.05, 3.63) is 23.1 Å². The van der Waals surface area contributed by atoms with Crippen molar-refractivity contribution in [3.63, 3.8) is 0 Å². The molecule has 0 unspecified atom stereocenters. The van der Waals surface area contributed by atoms with E-state index in [9.17, 15) is 8.78 Å². The maximum atomic E-state index is 11.9. The Kier molecular flexibility index (Phi) is 4.52. The number of nitrogens with two attached hydrogens (primary N) is 1. The summed E-state index contributed by atoms with van der Waals surface area (Å²) in [6.45, 7) is 0. The lowest BCUT2D eigenvalue weighted by Gasteiger charge is -2.05. The molecule has 0 aliphatic carbocycles. The molecule has 0 fully saturated rings. The lowest BCUT2D eigenvalue weighted by atomic mass is 10.2. The maximum absolute atomic E-state index is 11.9. The molecule has 0 aliphatic rings. The second-order valence-corrected chi connectivity index (χ2v) is 2.37. The van der Waals surface area contributed by atoms with Gasteiger partial charge in [0.25, 0.3) is 6.43 Å². The monoisotopic (exact) mass is 217 g/mol. The van der Waals surface area contributed by atoms with Gasteiger partial charge in [0.05, 0.1) is 0 Å². The van der Waals surface area contributed by atoms with Crippen LogP contribution in [-0.2, 0) is 0 Å². The Hall–Kier alpha value is -0.320. The second-order valence-electron chi connectivity index (χ2n) is 2.00. The van der Waals surface area contributed by atoms with Gasteiger partial charge < -0.3 is 10.2 Å². The molecule has 1 aromatic heterocycles. The number of halogens is 4. The van der Waals surface area contributed by atoms with E-state index in [2.05, 4.69) is 4.42 Å². The zero-order valence-electron chi connectivity index (χ0n) is 5.84. The smallest absolute Gasteiger partial charge is 0.260 e. The number of furan rings is 1. The molecule has 1 heterocycles. The molecule has 0 saturated heterocycles. The van der Waals surface area contributed by atoms with Crippen LogP contribution in [0.5, 0.6) is 0 Å². The fourth-order valence-electron chi connectivity index (χ4n) is 0.632. The van der Waals surface area contributed by atoms with E-state index in [0.717, 1.165) is 0 Å². The summed E-state index contributed by atoms with van der Waals surface area (Å²) in [4.78, 5) is 0. The lowest BCUT2D eigenvalue weighted by Crippen LogP contribution is -2.17. The van der Waals surface area contributed by atoms with Gasteiger partial charge in [-0.3, -0.25) is 0 Å². The molecule has 0 radical (unpaired) electrons. The first-order valence-corrected chi connectivity index (χ1v) is 3.28. The molecule has 1 rings (SSSR count). The molecule has 2 nitrogen and oxygen atoms in total. The molecule has 1 aromatic rings. The predicted octanol–water partition coefficient (Wildman–Crippen LogP) is 2.62. The van der Waals surface area contributed by atoms with Crippen molar-refractivity contribution in [2.24, 2.45) is 5.73 Å². The van der Waals surface area contributed by atoms with E-state index < -0.39 is 12.5 Å². The third-order valence-electron chi connectivity index (χ3n) is 1.19. The van der Waals surface area contributed by atoms with E-state index in [1.165, 1.54) is 12.1 Å². The zero-order chi connectivity index (χ0) is 8.43. The van der Waals surface area contributed by atoms with Crippen molar-refractivity contribution < 1.29 is 13.2 Å². The van der Waals surface area contributed by atoms with Crippen molar-refractivity contribution in [1.29, 1.82) is 0 Å². The minimum absolute atomic E-state index is 0. The first-order chi connectivity index (χ1) is 5.11. The van der Waals surface area contributed by atoms with Crippen molar-refractivity contribution in [1.82, 2.24) is 0 Å². The van der Waals surface area contributed by atoms with Gasteiger partial charge in [0.15, 0.2) is 5.22 Å². The normalized spacial score (nSPS) is 12.8. The molecule has 0 aliphatic heterocycles. The third-order valence-corrected chi connectivity index (χ3v) is 1.40. The summed E-state index contributed by atoms with van der Waals surface area (Å²) in [5.41, 5.74) is 5.05. The molecule has 0 spiro atoms. The molecule has 2 N–H and O–H groups in total. The fourth-order valence-corrected chi connectivity index (χ4v) is 0.784. The number of hydrogen-bond donors (Lipinski definition) is 1. The van der Waals surface area contributed by atoms with Gasteiger partial charge in [0.2, 0.25) is 0 Å². The van der Waals surface area contributed by atoms with Crippen molar-refractivity contribution in [2.45, 2.75) is 12.5 Å². The van der Waals surface area contributed by atoms with Gasteiger partial charge >= 0.3 is 0 Å². The Morgan fingerprint density at radius 3 is 2.33 bits per heavy atom. The van der Waals surface area contributed by atoms with Crippen LogP contribution in [0.1, 0.15) is 11.8 Å². The SMILES string of the molecule is Cl.N[C@H](c1ccc(Cl)o1)C(F)F. The summed E-state index contributed by atoms with van der Waals surface area (Å²) < 4.78 is 28.5. The molecule has 0 saturated carbocycles. The Morgan fingerprint density at radius 1 is 1.42 bits per heavy atom. The number of hydrogen-bond acceptors (Lipinski definition) is 2. The van der Waals surface area contributed by atoms with E-state index in [-0.39, 0.29) is 23.4 Å². The van der Waals surface area contributed by atoms with E-state index in [1.54, 1.807) is 0 Å². The summed E-state index contributed by atoms with van der Waals surface area (Å²) in [7, 11) is 0. The molecule has 0 amide bonds. The average Bonchev–Trinajstić information content (AvgIpc) is 2.34. The van der Waals surface area contributed by atoms with E-state index in [4.69, 9.17) is 17.3 Å². The third kappa shape index (κ3) is 2.62. The van der Waals surface area contributed by atoms with Gasteiger partial charge in [-0.25, -0.2) is 8.78 Å². The van der Waals surface area contributed by atoms with E-state index in [0.29, 0.717) is 0 Å². The Balaban J connectivity index is 0.00000121. The molecule has 70 valence electrons. The van der Waals surface area contributed by atoms with Gasteiger partial charge in [-0.1, -0.05) is 0 Å². The van der Waals surface area contributed by atoms with Crippen molar-refractivity contribution >= 4 is 24.0 Å². The lowest BCUT2D eigenvalue weighted by molar-refractivity contribution is 0.107. The van der Waals surface area contributed by atoms with E-state index in [1.807, 2.05) is 0 Å². The first-order valence-electron chi connectivity index (χ1n) is 2.90. The highest BCUT2D eigenvalue weighted by molar-refractivity contribution is 6.28. The highest BCUT2D eigenvalue weighted by Crippen LogP contribution is 2.22. The predicted molar refractivity (Wildman–Crippen MR) is 43.9 cm³/mol. The average molecular weight is 218 g/mol. The summed E-state index contributed by atoms with van der Waals surface area (Å²) in [5, 5.41) is 0.0658. The summed E-state index contributed by atoms with van der Waals surface area (Å²) in [5.74, 6) is 0.00463.